The topological polar surface area (TPSA) is 185 Å². The number of esters is 4. The third kappa shape index (κ3) is 13.9. The number of methoxy groups -OCH3 is 1. The van der Waals surface area contributed by atoms with Crippen LogP contribution in [0.2, 0.25) is 0 Å². The summed E-state index contributed by atoms with van der Waals surface area (Å²) in [6.07, 6.45) is 1.99. The third-order valence-electron chi connectivity index (χ3n) is 6.86. The highest BCUT2D eigenvalue weighted by Crippen LogP contribution is 2.31. The highest BCUT2D eigenvalue weighted by Gasteiger charge is 2.19. The Kier molecular flexibility index (Phi) is 16.6. The van der Waals surface area contributed by atoms with Crippen molar-refractivity contribution in [3.8, 4) is 28.7 Å². The number of carbonyl (C=O) groups excluding carboxylic acids is 6. The number of hydrogen-bond acceptors (Lipinski definition) is 15. The molecule has 53 heavy (non-hydrogen) atoms. The van der Waals surface area contributed by atoms with Crippen LogP contribution in [0.4, 0.5) is 9.59 Å². The summed E-state index contributed by atoms with van der Waals surface area (Å²) in [7, 11) is 1.32. The molecule has 0 saturated carbocycles. The summed E-state index contributed by atoms with van der Waals surface area (Å²) in [4.78, 5) is 72.0. The summed E-state index contributed by atoms with van der Waals surface area (Å²) in [5.41, 5.74) is 0.562. The number of benzene rings is 3. The molecule has 0 amide bonds. The van der Waals surface area contributed by atoms with Gasteiger partial charge in [-0.3, -0.25) is 0 Å². The van der Waals surface area contributed by atoms with Crippen LogP contribution >= 0.6 is 0 Å². The lowest BCUT2D eigenvalue weighted by molar-refractivity contribution is -0.138. The molecule has 0 aromatic heterocycles. The predicted octanol–water partition coefficient (Wildman–Crippen LogP) is 6.49. The standard InChI is InChI=1S/C38H38O15/c1-5-33(39)46-20-7-9-22-48-37(43)50-28-17-14-26(15-18-28)35(41)51-29-12-11-13-30(25(29)3)52-36(42)27-16-19-31(32(24-27)45-4)53-38(44)49-23-10-8-21-47-34(40)6-2/h5-6,11-19,24H,1-2,7-10,20-23H2,3-4H3. The molecule has 3 rings (SSSR count). The Morgan fingerprint density at radius 3 is 1.53 bits per heavy atom. The van der Waals surface area contributed by atoms with Crippen LogP contribution in [0.15, 0.2) is 86.0 Å². The number of ether oxygens (including phenoxy) is 9. The zero-order chi connectivity index (χ0) is 38.6. The van der Waals surface area contributed by atoms with E-state index in [2.05, 4.69) is 13.2 Å². The molecule has 0 aliphatic carbocycles. The van der Waals surface area contributed by atoms with Gasteiger partial charge in [-0.1, -0.05) is 19.2 Å². The number of rotatable bonds is 19. The van der Waals surface area contributed by atoms with Gasteiger partial charge in [-0.2, -0.15) is 0 Å². The van der Waals surface area contributed by atoms with E-state index in [4.69, 9.17) is 42.6 Å². The van der Waals surface area contributed by atoms with Crippen molar-refractivity contribution in [2.24, 2.45) is 0 Å². The molecule has 0 spiro atoms. The summed E-state index contributed by atoms with van der Waals surface area (Å²) < 4.78 is 46.3. The number of unbranched alkanes of at least 4 members (excludes halogenated alkanes) is 2. The SMILES string of the molecule is C=CC(=O)OCCCCOC(=O)Oc1ccc(C(=O)Oc2cccc(OC(=O)c3ccc(OC(=O)OCCCCOC(=O)C=C)c(OC)c3)c2C)cc1. The molecule has 0 aliphatic rings. The molecule has 3 aromatic rings. The van der Waals surface area contributed by atoms with Gasteiger partial charge in [0.2, 0.25) is 0 Å². The van der Waals surface area contributed by atoms with E-state index < -0.39 is 36.2 Å². The van der Waals surface area contributed by atoms with Gasteiger partial charge in [-0.25, -0.2) is 28.8 Å². The van der Waals surface area contributed by atoms with Gasteiger partial charge in [-0.15, -0.1) is 0 Å². The van der Waals surface area contributed by atoms with Crippen molar-refractivity contribution in [2.75, 3.05) is 33.5 Å². The van der Waals surface area contributed by atoms with E-state index in [0.29, 0.717) is 31.2 Å². The molecular formula is C38H38O15. The van der Waals surface area contributed by atoms with Crippen molar-refractivity contribution < 1.29 is 71.4 Å². The molecule has 0 N–H and O–H groups in total. The first-order valence-electron chi connectivity index (χ1n) is 16.1. The first kappa shape index (κ1) is 40.8. The zero-order valence-corrected chi connectivity index (χ0v) is 29.1. The van der Waals surface area contributed by atoms with Crippen LogP contribution in [0, 0.1) is 6.92 Å². The molecule has 0 atom stereocenters. The first-order valence-corrected chi connectivity index (χ1v) is 16.1. The second-order valence-electron chi connectivity index (χ2n) is 10.6. The lowest BCUT2D eigenvalue weighted by atomic mass is 10.1. The van der Waals surface area contributed by atoms with E-state index in [1.54, 1.807) is 6.92 Å². The predicted molar refractivity (Wildman–Crippen MR) is 185 cm³/mol. The largest absolute Gasteiger partial charge is 0.513 e. The molecule has 0 radical (unpaired) electrons. The second-order valence-corrected chi connectivity index (χ2v) is 10.6. The Hall–Kier alpha value is -6.64. The molecule has 15 heteroatoms. The maximum Gasteiger partial charge on any atom is 0.513 e. The van der Waals surface area contributed by atoms with Gasteiger partial charge < -0.3 is 42.6 Å². The Balaban J connectivity index is 1.50. The van der Waals surface area contributed by atoms with E-state index in [0.717, 1.165) is 12.2 Å². The fourth-order valence-electron chi connectivity index (χ4n) is 4.10. The van der Waals surface area contributed by atoms with Crippen molar-refractivity contribution in [2.45, 2.75) is 32.6 Å². The van der Waals surface area contributed by atoms with E-state index in [1.807, 2.05) is 0 Å². The van der Waals surface area contributed by atoms with Crippen LogP contribution in [-0.2, 0) is 28.5 Å². The summed E-state index contributed by atoms with van der Waals surface area (Å²) in [5.74, 6) is -2.15. The smallest absolute Gasteiger partial charge is 0.493 e. The maximum absolute atomic E-state index is 13.0. The van der Waals surface area contributed by atoms with Crippen molar-refractivity contribution >= 4 is 36.2 Å². The highest BCUT2D eigenvalue weighted by molar-refractivity contribution is 5.93. The van der Waals surface area contributed by atoms with Crippen molar-refractivity contribution in [3.63, 3.8) is 0 Å². The van der Waals surface area contributed by atoms with Crippen LogP contribution in [0.5, 0.6) is 28.7 Å². The van der Waals surface area contributed by atoms with Gasteiger partial charge in [-0.05, 0) is 87.2 Å². The quantitative estimate of drug-likeness (QED) is 0.0325. The van der Waals surface area contributed by atoms with E-state index in [9.17, 15) is 28.8 Å². The van der Waals surface area contributed by atoms with Gasteiger partial charge in [0.25, 0.3) is 0 Å². The molecule has 0 unspecified atom stereocenters. The molecule has 0 heterocycles. The number of hydrogen-bond donors (Lipinski definition) is 0. The Labute approximate surface area is 304 Å². The minimum atomic E-state index is -0.997. The van der Waals surface area contributed by atoms with Gasteiger partial charge in [0.15, 0.2) is 11.5 Å². The molecular weight excluding hydrogens is 696 g/mol. The fraction of sp³-hybridized carbons (Fsp3) is 0.263. The van der Waals surface area contributed by atoms with E-state index in [-0.39, 0.29) is 66.3 Å². The van der Waals surface area contributed by atoms with Crippen molar-refractivity contribution in [1.29, 1.82) is 0 Å². The summed E-state index contributed by atoms with van der Waals surface area (Å²) in [6, 6.07) is 14.2. The van der Waals surface area contributed by atoms with Crippen LogP contribution < -0.4 is 23.7 Å². The highest BCUT2D eigenvalue weighted by atomic mass is 16.7. The Morgan fingerprint density at radius 2 is 1.02 bits per heavy atom. The van der Waals surface area contributed by atoms with Gasteiger partial charge in [0, 0.05) is 17.7 Å². The van der Waals surface area contributed by atoms with Gasteiger partial charge in [0.1, 0.15) is 17.2 Å². The molecule has 280 valence electrons. The minimum absolute atomic E-state index is 0.00370. The van der Waals surface area contributed by atoms with Crippen LogP contribution in [0.3, 0.4) is 0 Å². The summed E-state index contributed by atoms with van der Waals surface area (Å²) in [6.45, 7) is 8.59. The van der Waals surface area contributed by atoms with Gasteiger partial charge in [0.05, 0.1) is 44.7 Å². The zero-order valence-electron chi connectivity index (χ0n) is 29.1. The summed E-state index contributed by atoms with van der Waals surface area (Å²) in [5, 5.41) is 0. The van der Waals surface area contributed by atoms with Gasteiger partial charge >= 0.3 is 36.2 Å². The normalized spacial score (nSPS) is 10.2. The van der Waals surface area contributed by atoms with E-state index >= 15 is 0 Å². The minimum Gasteiger partial charge on any atom is -0.493 e. The fourth-order valence-corrected chi connectivity index (χ4v) is 4.10. The third-order valence-corrected chi connectivity index (χ3v) is 6.86. The molecule has 0 bridgehead atoms. The van der Waals surface area contributed by atoms with E-state index in [1.165, 1.54) is 67.8 Å². The van der Waals surface area contributed by atoms with Crippen molar-refractivity contribution in [1.82, 2.24) is 0 Å². The molecule has 0 saturated heterocycles. The monoisotopic (exact) mass is 734 g/mol. The average Bonchev–Trinajstić information content (AvgIpc) is 3.16. The Bertz CT molecular complexity index is 1780. The molecule has 0 aliphatic heterocycles. The first-order chi connectivity index (χ1) is 25.5. The van der Waals surface area contributed by atoms with Crippen LogP contribution in [0.1, 0.15) is 52.0 Å². The lowest BCUT2D eigenvalue weighted by Crippen LogP contribution is -2.14. The lowest BCUT2D eigenvalue weighted by Gasteiger charge is -2.13. The molecule has 15 nitrogen and oxygen atoms in total. The average molecular weight is 735 g/mol. The Morgan fingerprint density at radius 1 is 0.547 bits per heavy atom. The molecule has 0 fully saturated rings. The van der Waals surface area contributed by atoms with Crippen molar-refractivity contribution in [3.05, 3.63) is 103 Å². The van der Waals surface area contributed by atoms with Crippen LogP contribution in [0.25, 0.3) is 0 Å². The maximum atomic E-state index is 13.0. The number of carbonyl (C=O) groups is 6. The second kappa shape index (κ2) is 21.5. The molecule has 3 aromatic carbocycles. The summed E-state index contributed by atoms with van der Waals surface area (Å²) >= 11 is 0. The van der Waals surface area contributed by atoms with Crippen LogP contribution in [-0.4, -0.2) is 69.7 Å².